The van der Waals surface area contributed by atoms with Crippen LogP contribution in [0.25, 0.3) is 0 Å². The average molecular weight is 200 g/mol. The lowest BCUT2D eigenvalue weighted by atomic mass is 10.4. The molecule has 66 valence electrons. The second kappa shape index (κ2) is 3.60. The summed E-state index contributed by atoms with van der Waals surface area (Å²) < 4.78 is 0. The summed E-state index contributed by atoms with van der Waals surface area (Å²) in [6, 6.07) is 10.1. The van der Waals surface area contributed by atoms with Gasteiger partial charge in [0.1, 0.15) is 0 Å². The van der Waals surface area contributed by atoms with Crippen molar-refractivity contribution >= 4 is 25.0 Å². The molecule has 0 radical (unpaired) electrons. The van der Waals surface area contributed by atoms with E-state index in [0.717, 1.165) is 0 Å². The number of hydrogen-bond donors (Lipinski definition) is 1. The maximum absolute atomic E-state index is 6.19. The lowest BCUT2D eigenvalue weighted by Crippen LogP contribution is -2.60. The maximum Gasteiger partial charge on any atom is 0.169 e. The minimum Gasteiger partial charge on any atom is -0.346 e. The van der Waals surface area contributed by atoms with Crippen molar-refractivity contribution in [2.45, 2.75) is 18.5 Å². The third-order valence-corrected chi connectivity index (χ3v) is 6.81. The Labute approximate surface area is 79.6 Å². The van der Waals surface area contributed by atoms with Gasteiger partial charge in [-0.05, 0) is 12.1 Å². The Hall–Kier alpha value is -0.313. The Morgan fingerprint density at radius 2 is 1.83 bits per heavy atom. The Balaban J connectivity index is 2.98. The maximum atomic E-state index is 6.19. The summed E-state index contributed by atoms with van der Waals surface area (Å²) in [5, 5.41) is 7.47. The molecule has 1 nitrogen and oxygen atoms in total. The average Bonchev–Trinajstić information content (AvgIpc) is 2.06. The van der Waals surface area contributed by atoms with E-state index in [0.29, 0.717) is 0 Å². The van der Waals surface area contributed by atoms with Gasteiger partial charge >= 0.3 is 0 Å². The van der Waals surface area contributed by atoms with E-state index in [1.54, 1.807) is 0 Å². The topological polar surface area (TPSA) is 26.0 Å². The van der Waals surface area contributed by atoms with Crippen molar-refractivity contribution in [2.24, 2.45) is 5.40 Å². The van der Waals surface area contributed by atoms with Crippen molar-refractivity contribution in [3.05, 3.63) is 30.3 Å². The van der Waals surface area contributed by atoms with Gasteiger partial charge in [-0.2, -0.15) is 0 Å². The van der Waals surface area contributed by atoms with Gasteiger partial charge < -0.3 is 5.40 Å². The molecule has 2 atom stereocenters. The van der Waals surface area contributed by atoms with Crippen molar-refractivity contribution in [1.82, 2.24) is 0 Å². The third kappa shape index (κ3) is 1.89. The number of benzene rings is 1. The molecule has 2 N–H and O–H groups in total. The van der Waals surface area contributed by atoms with Gasteiger partial charge in [-0.3, -0.25) is 0 Å². The highest BCUT2D eigenvalue weighted by Crippen LogP contribution is 2.07. The van der Waals surface area contributed by atoms with Crippen LogP contribution in [-0.4, -0.2) is 13.2 Å². The van der Waals surface area contributed by atoms with Gasteiger partial charge in [0.15, 0.2) is 8.24 Å². The second-order valence-electron chi connectivity index (χ2n) is 3.26. The number of rotatable bonds is 2. The van der Waals surface area contributed by atoms with Crippen LogP contribution in [0.4, 0.5) is 0 Å². The second-order valence-corrected chi connectivity index (χ2v) is 8.29. The van der Waals surface area contributed by atoms with E-state index in [9.17, 15) is 0 Å². The van der Waals surface area contributed by atoms with Gasteiger partial charge in [0.25, 0.3) is 0 Å². The summed E-state index contributed by atoms with van der Waals surface area (Å²) in [5.74, 6) is 0. The molecule has 1 aromatic rings. The first-order valence-corrected chi connectivity index (χ1v) is 7.12. The fourth-order valence-electron chi connectivity index (χ4n) is 1.03. The highest BCUT2D eigenvalue weighted by atomic mass is 35.5. The summed E-state index contributed by atoms with van der Waals surface area (Å²) in [6.45, 7) is 4.06. The van der Waals surface area contributed by atoms with E-state index >= 15 is 0 Å². The third-order valence-electron chi connectivity index (χ3n) is 2.22. The Kier molecular flexibility index (Phi) is 2.93. The fraction of sp³-hybridized carbons (Fsp3) is 0.333. The van der Waals surface area contributed by atoms with E-state index in [-0.39, 0.29) is 5.00 Å². The molecule has 0 spiro atoms. The fourth-order valence-corrected chi connectivity index (χ4v) is 2.77. The van der Waals surface area contributed by atoms with Crippen LogP contribution in [0.1, 0.15) is 6.92 Å². The van der Waals surface area contributed by atoms with E-state index in [1.807, 2.05) is 25.1 Å². The van der Waals surface area contributed by atoms with Crippen molar-refractivity contribution in [1.29, 1.82) is 0 Å². The summed E-state index contributed by atoms with van der Waals surface area (Å²) in [7, 11) is -1.89. The predicted molar refractivity (Wildman–Crippen MR) is 57.2 cm³/mol. The molecule has 0 aliphatic heterocycles. The summed E-state index contributed by atoms with van der Waals surface area (Å²) in [5.41, 5.74) is 0. The van der Waals surface area contributed by atoms with Crippen molar-refractivity contribution in [3.63, 3.8) is 0 Å². The molecule has 0 aliphatic rings. The van der Waals surface area contributed by atoms with E-state index in [2.05, 4.69) is 18.7 Å². The van der Waals surface area contributed by atoms with E-state index in [4.69, 9.17) is 17.0 Å². The number of halogens is 1. The highest BCUT2D eigenvalue weighted by Gasteiger charge is 2.29. The molecule has 3 heteroatoms. The molecular weight excluding hydrogens is 186 g/mol. The van der Waals surface area contributed by atoms with Crippen LogP contribution < -0.4 is 10.6 Å². The molecule has 1 rings (SSSR count). The van der Waals surface area contributed by atoms with Crippen LogP contribution in [-0.2, 0) is 0 Å². The zero-order valence-corrected chi connectivity index (χ0v) is 9.18. The van der Waals surface area contributed by atoms with Gasteiger partial charge in [-0.1, -0.05) is 36.9 Å². The van der Waals surface area contributed by atoms with Crippen LogP contribution in [0.5, 0.6) is 0 Å². The Morgan fingerprint density at radius 3 is 2.25 bits per heavy atom. The van der Waals surface area contributed by atoms with Crippen molar-refractivity contribution in [3.8, 4) is 0 Å². The molecule has 0 aromatic heterocycles. The van der Waals surface area contributed by atoms with E-state index in [1.165, 1.54) is 5.19 Å². The molecule has 0 bridgehead atoms. The zero-order chi connectivity index (χ0) is 9.19. The van der Waals surface area contributed by atoms with Crippen LogP contribution >= 0.6 is 11.6 Å². The number of hydrogen-bond acceptors (Lipinski definition) is 1. The molecule has 0 aliphatic carbocycles. The molecule has 1 unspecified atom stereocenters. The van der Waals surface area contributed by atoms with Gasteiger partial charge in [0.05, 0.1) is 0 Å². The predicted octanol–water partition coefficient (Wildman–Crippen LogP) is 1.59. The minimum absolute atomic E-state index is 0.0694. The molecule has 1 aromatic carbocycles. The quantitative estimate of drug-likeness (QED) is 0.569. The van der Waals surface area contributed by atoms with Gasteiger partial charge in [0, 0.05) is 5.00 Å². The minimum atomic E-state index is -1.89. The van der Waals surface area contributed by atoms with Crippen molar-refractivity contribution in [2.75, 3.05) is 0 Å². The van der Waals surface area contributed by atoms with Gasteiger partial charge in [0.2, 0.25) is 0 Å². The standard InChI is InChI=1S/C9H14ClNSi/c1-8(10)12(2,11)9-6-4-3-5-7-9/h3-8H,11H2,1-2H3/t8-,12?/m1/s1. The van der Waals surface area contributed by atoms with Crippen LogP contribution in [0, 0.1) is 0 Å². The normalized spacial score (nSPS) is 18.3. The largest absolute Gasteiger partial charge is 0.346 e. The lowest BCUT2D eigenvalue weighted by molar-refractivity contribution is 1.27. The van der Waals surface area contributed by atoms with Crippen LogP contribution in [0.2, 0.25) is 6.55 Å². The first kappa shape index (κ1) is 9.77. The molecule has 0 heterocycles. The van der Waals surface area contributed by atoms with Gasteiger partial charge in [-0.15, -0.1) is 11.6 Å². The first-order valence-electron chi connectivity index (χ1n) is 4.03. The molecule has 12 heavy (non-hydrogen) atoms. The SMILES string of the molecule is C[C@H](Cl)[Si](C)(N)c1ccccc1. The highest BCUT2D eigenvalue weighted by molar-refractivity contribution is 6.93. The first-order chi connectivity index (χ1) is 5.55. The molecule has 0 saturated heterocycles. The molecule has 0 fully saturated rings. The van der Waals surface area contributed by atoms with Crippen molar-refractivity contribution < 1.29 is 0 Å². The monoisotopic (exact) mass is 199 g/mol. The lowest BCUT2D eigenvalue weighted by Gasteiger charge is -2.24. The Bertz CT molecular complexity index is 246. The van der Waals surface area contributed by atoms with Gasteiger partial charge in [-0.25, -0.2) is 0 Å². The number of nitrogens with two attached hydrogens (primary N) is 1. The molecule has 0 saturated carbocycles. The van der Waals surface area contributed by atoms with Crippen LogP contribution in [0.15, 0.2) is 30.3 Å². The Morgan fingerprint density at radius 1 is 1.33 bits per heavy atom. The summed E-state index contributed by atoms with van der Waals surface area (Å²) in [6.07, 6.45) is 0. The summed E-state index contributed by atoms with van der Waals surface area (Å²) >= 11 is 6.04. The summed E-state index contributed by atoms with van der Waals surface area (Å²) in [4.78, 5) is 0. The zero-order valence-electron chi connectivity index (χ0n) is 7.42. The molecular formula is C9H14ClNSi. The molecule has 0 amide bonds. The smallest absolute Gasteiger partial charge is 0.169 e. The van der Waals surface area contributed by atoms with Crippen LogP contribution in [0.3, 0.4) is 0 Å². The van der Waals surface area contributed by atoms with E-state index < -0.39 is 8.24 Å². The number of alkyl halides is 1.